The van der Waals surface area contributed by atoms with Gasteiger partial charge >= 0.3 is 6.18 Å². The Labute approximate surface area is 114 Å². The van der Waals surface area contributed by atoms with Crippen LogP contribution in [0.5, 0.6) is 0 Å². The minimum atomic E-state index is -4.51. The molecular formula is C12H14ClF4NO. The fourth-order valence-corrected chi connectivity index (χ4v) is 1.47. The van der Waals surface area contributed by atoms with E-state index in [1.54, 1.807) is 0 Å². The first-order chi connectivity index (χ1) is 8.22. The van der Waals surface area contributed by atoms with Crippen LogP contribution in [0.1, 0.15) is 24.2 Å². The molecule has 0 heterocycles. The Bertz CT molecular complexity index is 434. The van der Waals surface area contributed by atoms with Gasteiger partial charge in [-0.1, -0.05) is 12.1 Å². The van der Waals surface area contributed by atoms with E-state index in [0.717, 1.165) is 6.07 Å². The molecule has 108 valence electrons. The second-order valence-electron chi connectivity index (χ2n) is 4.12. The van der Waals surface area contributed by atoms with Gasteiger partial charge in [0.2, 0.25) is 0 Å². The molecule has 2 nitrogen and oxygen atoms in total. The van der Waals surface area contributed by atoms with Crippen LogP contribution in [0, 0.1) is 5.82 Å². The standard InChI is InChI=1S/C12H13F4NO.ClH/c1-8(2)17(7-12(14,15)16)11(18)9-5-3-4-6-10(9)13;/h3-6,8H,7H2,1-2H3;1H. The minimum absolute atomic E-state index is 0. The molecule has 19 heavy (non-hydrogen) atoms. The summed E-state index contributed by atoms with van der Waals surface area (Å²) in [5, 5.41) is 0. The van der Waals surface area contributed by atoms with Crippen LogP contribution in [-0.4, -0.2) is 29.6 Å². The Morgan fingerprint density at radius 3 is 2.21 bits per heavy atom. The van der Waals surface area contributed by atoms with Crippen molar-refractivity contribution in [3.8, 4) is 0 Å². The Morgan fingerprint density at radius 2 is 1.79 bits per heavy atom. The molecule has 1 rings (SSSR count). The van der Waals surface area contributed by atoms with E-state index in [-0.39, 0.29) is 18.0 Å². The lowest BCUT2D eigenvalue weighted by Gasteiger charge is -2.27. The summed E-state index contributed by atoms with van der Waals surface area (Å²) in [7, 11) is 0. The zero-order valence-corrected chi connectivity index (χ0v) is 11.2. The van der Waals surface area contributed by atoms with Crippen molar-refractivity contribution < 1.29 is 22.4 Å². The Kier molecular flexibility index (Phi) is 6.29. The quantitative estimate of drug-likeness (QED) is 0.780. The van der Waals surface area contributed by atoms with Crippen molar-refractivity contribution in [3.05, 3.63) is 35.6 Å². The zero-order chi connectivity index (χ0) is 13.9. The summed E-state index contributed by atoms with van der Waals surface area (Å²) in [5.74, 6) is -1.78. The molecule has 0 aliphatic heterocycles. The van der Waals surface area contributed by atoms with Crippen LogP contribution in [0.3, 0.4) is 0 Å². The SMILES string of the molecule is CC(C)N(CC(F)(F)F)C(=O)c1ccccc1F.Cl. The van der Waals surface area contributed by atoms with Crippen molar-refractivity contribution in [1.29, 1.82) is 0 Å². The molecule has 0 unspecified atom stereocenters. The maximum absolute atomic E-state index is 13.4. The van der Waals surface area contributed by atoms with Gasteiger partial charge < -0.3 is 4.90 Å². The molecule has 0 aromatic heterocycles. The molecule has 0 bridgehead atoms. The molecular weight excluding hydrogens is 286 g/mol. The highest BCUT2D eigenvalue weighted by Gasteiger charge is 2.35. The lowest BCUT2D eigenvalue weighted by molar-refractivity contribution is -0.143. The molecule has 7 heteroatoms. The summed E-state index contributed by atoms with van der Waals surface area (Å²) < 4.78 is 50.4. The topological polar surface area (TPSA) is 20.3 Å². The first-order valence-corrected chi connectivity index (χ1v) is 5.34. The number of amides is 1. The molecule has 0 fully saturated rings. The largest absolute Gasteiger partial charge is 0.406 e. The van der Waals surface area contributed by atoms with Gasteiger partial charge in [0, 0.05) is 6.04 Å². The van der Waals surface area contributed by atoms with E-state index in [2.05, 4.69) is 0 Å². The highest BCUT2D eigenvalue weighted by Crippen LogP contribution is 2.20. The summed E-state index contributed by atoms with van der Waals surface area (Å²) in [4.78, 5) is 12.5. The maximum atomic E-state index is 13.4. The number of alkyl halides is 3. The lowest BCUT2D eigenvalue weighted by atomic mass is 10.1. The van der Waals surface area contributed by atoms with E-state index in [0.29, 0.717) is 4.90 Å². The molecule has 0 saturated heterocycles. The maximum Gasteiger partial charge on any atom is 0.406 e. The lowest BCUT2D eigenvalue weighted by Crippen LogP contribution is -2.43. The van der Waals surface area contributed by atoms with Crippen LogP contribution >= 0.6 is 12.4 Å². The molecule has 0 atom stereocenters. The number of hydrogen-bond donors (Lipinski definition) is 0. The van der Waals surface area contributed by atoms with Gasteiger partial charge in [0.05, 0.1) is 5.56 Å². The number of benzene rings is 1. The van der Waals surface area contributed by atoms with Gasteiger partial charge in [-0.25, -0.2) is 4.39 Å². The Hall–Kier alpha value is -1.30. The van der Waals surface area contributed by atoms with E-state index >= 15 is 0 Å². The van der Waals surface area contributed by atoms with Crippen LogP contribution in [0.2, 0.25) is 0 Å². The van der Waals surface area contributed by atoms with Crippen LogP contribution < -0.4 is 0 Å². The summed E-state index contributed by atoms with van der Waals surface area (Å²) in [6.07, 6.45) is -4.51. The predicted octanol–water partition coefficient (Wildman–Crippen LogP) is 3.66. The number of rotatable bonds is 3. The van der Waals surface area contributed by atoms with E-state index in [9.17, 15) is 22.4 Å². The zero-order valence-electron chi connectivity index (χ0n) is 10.4. The molecule has 1 aromatic rings. The summed E-state index contributed by atoms with van der Waals surface area (Å²) in [6, 6.07) is 4.32. The van der Waals surface area contributed by atoms with Gasteiger partial charge in [-0.3, -0.25) is 4.79 Å². The fourth-order valence-electron chi connectivity index (χ4n) is 1.47. The van der Waals surface area contributed by atoms with Gasteiger partial charge in [0.25, 0.3) is 5.91 Å². The van der Waals surface area contributed by atoms with Crippen molar-refractivity contribution in [2.45, 2.75) is 26.1 Å². The average molecular weight is 300 g/mol. The van der Waals surface area contributed by atoms with E-state index in [1.165, 1.54) is 32.0 Å². The fraction of sp³-hybridized carbons (Fsp3) is 0.417. The van der Waals surface area contributed by atoms with Crippen molar-refractivity contribution in [1.82, 2.24) is 4.90 Å². The van der Waals surface area contributed by atoms with Crippen molar-refractivity contribution in [3.63, 3.8) is 0 Å². The number of hydrogen-bond acceptors (Lipinski definition) is 1. The van der Waals surface area contributed by atoms with Crippen LogP contribution in [0.4, 0.5) is 17.6 Å². The molecule has 0 aliphatic carbocycles. The van der Waals surface area contributed by atoms with Crippen LogP contribution in [0.25, 0.3) is 0 Å². The van der Waals surface area contributed by atoms with Gasteiger partial charge in [0.15, 0.2) is 0 Å². The van der Waals surface area contributed by atoms with E-state index in [1.807, 2.05) is 0 Å². The summed E-state index contributed by atoms with van der Waals surface area (Å²) in [5.41, 5.74) is -0.351. The molecule has 0 saturated carbocycles. The molecule has 0 spiro atoms. The third-order valence-electron chi connectivity index (χ3n) is 2.34. The number of carbonyl (C=O) groups excluding carboxylic acids is 1. The van der Waals surface area contributed by atoms with E-state index in [4.69, 9.17) is 0 Å². The van der Waals surface area contributed by atoms with Crippen LogP contribution in [-0.2, 0) is 0 Å². The van der Waals surface area contributed by atoms with Crippen molar-refractivity contribution >= 4 is 18.3 Å². The van der Waals surface area contributed by atoms with E-state index < -0.39 is 30.5 Å². The molecule has 0 radical (unpaired) electrons. The predicted molar refractivity (Wildman–Crippen MR) is 65.9 cm³/mol. The second kappa shape index (κ2) is 6.75. The summed E-state index contributed by atoms with van der Waals surface area (Å²) in [6.45, 7) is 1.51. The third-order valence-corrected chi connectivity index (χ3v) is 2.34. The van der Waals surface area contributed by atoms with Crippen molar-refractivity contribution in [2.24, 2.45) is 0 Å². The monoisotopic (exact) mass is 299 g/mol. The van der Waals surface area contributed by atoms with Crippen molar-refractivity contribution in [2.75, 3.05) is 6.54 Å². The first-order valence-electron chi connectivity index (χ1n) is 5.34. The number of nitrogens with zero attached hydrogens (tertiary/aromatic N) is 1. The normalized spacial score (nSPS) is 11.1. The summed E-state index contributed by atoms with van der Waals surface area (Å²) >= 11 is 0. The Morgan fingerprint density at radius 1 is 1.26 bits per heavy atom. The van der Waals surface area contributed by atoms with Gasteiger partial charge in [0.1, 0.15) is 12.4 Å². The average Bonchev–Trinajstić information content (AvgIpc) is 2.24. The van der Waals surface area contributed by atoms with Gasteiger partial charge in [-0.2, -0.15) is 13.2 Å². The molecule has 0 N–H and O–H groups in total. The van der Waals surface area contributed by atoms with Gasteiger partial charge in [-0.15, -0.1) is 12.4 Å². The number of carbonyl (C=O) groups is 1. The highest BCUT2D eigenvalue weighted by molar-refractivity contribution is 5.94. The Balaban J connectivity index is 0.00000324. The third kappa shape index (κ3) is 5.06. The second-order valence-corrected chi connectivity index (χ2v) is 4.12. The number of halogens is 5. The molecule has 0 aliphatic rings. The van der Waals surface area contributed by atoms with Crippen LogP contribution in [0.15, 0.2) is 24.3 Å². The van der Waals surface area contributed by atoms with Gasteiger partial charge in [-0.05, 0) is 26.0 Å². The first kappa shape index (κ1) is 17.7. The highest BCUT2D eigenvalue weighted by atomic mass is 35.5. The smallest absolute Gasteiger partial charge is 0.327 e. The molecule has 1 amide bonds. The minimum Gasteiger partial charge on any atom is -0.327 e. The molecule has 1 aromatic carbocycles.